The molecule has 1 aromatic heterocycles. The molecule has 0 aliphatic carbocycles. The van der Waals surface area contributed by atoms with Crippen LogP contribution in [0.4, 0.5) is 0 Å². The Bertz CT molecular complexity index is 813. The van der Waals surface area contributed by atoms with Crippen LogP contribution in [0.15, 0.2) is 48.8 Å². The molecule has 134 valence electrons. The van der Waals surface area contributed by atoms with Crippen molar-refractivity contribution in [2.75, 3.05) is 13.1 Å². The van der Waals surface area contributed by atoms with E-state index < -0.39 is 5.60 Å². The van der Waals surface area contributed by atoms with E-state index in [0.29, 0.717) is 29.8 Å². The van der Waals surface area contributed by atoms with Crippen molar-refractivity contribution in [2.45, 2.75) is 19.4 Å². The highest BCUT2D eigenvalue weighted by Gasteiger charge is 2.08. The smallest absolute Gasteiger partial charge is 0.252 e. The van der Waals surface area contributed by atoms with Crippen molar-refractivity contribution < 1.29 is 14.7 Å². The van der Waals surface area contributed by atoms with E-state index in [4.69, 9.17) is 0 Å². The summed E-state index contributed by atoms with van der Waals surface area (Å²) in [5, 5.41) is 15.0. The first kappa shape index (κ1) is 19.2. The molecule has 6 nitrogen and oxygen atoms in total. The summed E-state index contributed by atoms with van der Waals surface area (Å²) in [6.45, 7) is 3.84. The molecule has 1 heterocycles. The predicted molar refractivity (Wildman–Crippen MR) is 98.5 cm³/mol. The number of nitrogens with zero attached hydrogens (tertiary/aromatic N) is 1. The number of hydrogen-bond donors (Lipinski definition) is 3. The molecule has 2 rings (SSSR count). The summed E-state index contributed by atoms with van der Waals surface area (Å²) < 4.78 is 0. The van der Waals surface area contributed by atoms with Gasteiger partial charge in [-0.1, -0.05) is 11.8 Å². The molecule has 0 aliphatic rings. The largest absolute Gasteiger partial charge is 0.378 e. The van der Waals surface area contributed by atoms with Crippen molar-refractivity contribution >= 4 is 11.8 Å². The van der Waals surface area contributed by atoms with Gasteiger partial charge in [0.2, 0.25) is 0 Å². The zero-order chi connectivity index (χ0) is 19.0. The van der Waals surface area contributed by atoms with Gasteiger partial charge in [-0.2, -0.15) is 0 Å². The normalized spacial score (nSPS) is 10.4. The minimum absolute atomic E-state index is 0.234. The molecule has 26 heavy (non-hydrogen) atoms. The molecular formula is C20H21N3O3. The summed E-state index contributed by atoms with van der Waals surface area (Å²) in [7, 11) is 0. The Morgan fingerprint density at radius 3 is 2.19 bits per heavy atom. The number of amides is 2. The predicted octanol–water partition coefficient (Wildman–Crippen LogP) is 1.36. The van der Waals surface area contributed by atoms with Crippen LogP contribution in [0, 0.1) is 11.8 Å². The van der Waals surface area contributed by atoms with E-state index in [0.717, 1.165) is 0 Å². The quantitative estimate of drug-likeness (QED) is 0.560. The monoisotopic (exact) mass is 351 g/mol. The van der Waals surface area contributed by atoms with Gasteiger partial charge in [0.25, 0.3) is 11.8 Å². The lowest BCUT2D eigenvalue weighted by atomic mass is 10.1. The molecule has 0 radical (unpaired) electrons. The second-order valence-electron chi connectivity index (χ2n) is 6.14. The van der Waals surface area contributed by atoms with E-state index in [-0.39, 0.29) is 11.8 Å². The summed E-state index contributed by atoms with van der Waals surface area (Å²) >= 11 is 0. The molecule has 0 bridgehead atoms. The van der Waals surface area contributed by atoms with Crippen LogP contribution in [0.25, 0.3) is 0 Å². The third-order valence-electron chi connectivity index (χ3n) is 3.28. The van der Waals surface area contributed by atoms with E-state index >= 15 is 0 Å². The summed E-state index contributed by atoms with van der Waals surface area (Å²) in [5.74, 6) is 5.09. The highest BCUT2D eigenvalue weighted by Crippen LogP contribution is 2.05. The van der Waals surface area contributed by atoms with E-state index in [9.17, 15) is 14.7 Å². The first-order valence-corrected chi connectivity index (χ1v) is 8.17. The van der Waals surface area contributed by atoms with Crippen molar-refractivity contribution in [2.24, 2.45) is 0 Å². The topological polar surface area (TPSA) is 91.3 Å². The van der Waals surface area contributed by atoms with Crippen molar-refractivity contribution in [1.29, 1.82) is 0 Å². The van der Waals surface area contributed by atoms with Crippen LogP contribution in [0.5, 0.6) is 0 Å². The SMILES string of the molecule is CC(C)(O)C#Cc1ccc(C(=O)NCCNC(=O)c2cccnc2)cc1. The summed E-state index contributed by atoms with van der Waals surface area (Å²) in [6.07, 6.45) is 3.08. The van der Waals surface area contributed by atoms with E-state index in [1.54, 1.807) is 56.4 Å². The second-order valence-corrected chi connectivity index (χ2v) is 6.14. The van der Waals surface area contributed by atoms with Gasteiger partial charge in [0.05, 0.1) is 5.56 Å². The molecular weight excluding hydrogens is 330 g/mol. The van der Waals surface area contributed by atoms with E-state index in [1.165, 1.54) is 6.20 Å². The van der Waals surface area contributed by atoms with Crippen LogP contribution in [-0.2, 0) is 0 Å². The van der Waals surface area contributed by atoms with Crippen molar-refractivity contribution in [3.63, 3.8) is 0 Å². The minimum atomic E-state index is -1.06. The fourth-order valence-corrected chi connectivity index (χ4v) is 1.98. The van der Waals surface area contributed by atoms with Gasteiger partial charge in [0.1, 0.15) is 5.60 Å². The van der Waals surface area contributed by atoms with Gasteiger partial charge in [-0.05, 0) is 50.2 Å². The number of benzene rings is 1. The standard InChI is InChI=1S/C20H21N3O3/c1-20(2,26)10-9-15-5-7-16(8-6-15)18(24)22-12-13-23-19(25)17-4-3-11-21-14-17/h3-8,11,14,26H,12-13H2,1-2H3,(H,22,24)(H,23,25). The molecule has 0 unspecified atom stereocenters. The van der Waals surface area contributed by atoms with Crippen LogP contribution >= 0.6 is 0 Å². The van der Waals surface area contributed by atoms with Gasteiger partial charge < -0.3 is 15.7 Å². The number of carbonyl (C=O) groups is 2. The Kier molecular flexibility index (Phi) is 6.48. The Morgan fingerprint density at radius 1 is 1.04 bits per heavy atom. The van der Waals surface area contributed by atoms with Gasteiger partial charge in [-0.15, -0.1) is 0 Å². The van der Waals surface area contributed by atoms with Gasteiger partial charge in [0.15, 0.2) is 0 Å². The van der Waals surface area contributed by atoms with Gasteiger partial charge >= 0.3 is 0 Å². The Morgan fingerprint density at radius 2 is 1.65 bits per heavy atom. The lowest BCUT2D eigenvalue weighted by Gasteiger charge is -2.07. The molecule has 2 aromatic rings. The van der Waals surface area contributed by atoms with Crippen LogP contribution in [-0.4, -0.2) is 40.6 Å². The Balaban J connectivity index is 1.79. The molecule has 1 aromatic carbocycles. The van der Waals surface area contributed by atoms with Crippen LogP contribution in [0.3, 0.4) is 0 Å². The number of pyridine rings is 1. The Hall–Kier alpha value is -3.17. The van der Waals surface area contributed by atoms with E-state index in [2.05, 4.69) is 27.5 Å². The number of aliphatic hydroxyl groups is 1. The van der Waals surface area contributed by atoms with Crippen LogP contribution in [0.2, 0.25) is 0 Å². The first-order valence-electron chi connectivity index (χ1n) is 8.17. The van der Waals surface area contributed by atoms with Crippen molar-refractivity contribution in [3.8, 4) is 11.8 Å². The fraction of sp³-hybridized carbons (Fsp3) is 0.250. The molecule has 0 fully saturated rings. The average molecular weight is 351 g/mol. The molecule has 2 amide bonds. The minimum Gasteiger partial charge on any atom is -0.378 e. The van der Waals surface area contributed by atoms with E-state index in [1.807, 2.05) is 0 Å². The third kappa shape index (κ3) is 6.38. The second kappa shape index (κ2) is 8.79. The van der Waals surface area contributed by atoms with Gasteiger partial charge in [-0.3, -0.25) is 14.6 Å². The van der Waals surface area contributed by atoms with Crippen LogP contribution in [0.1, 0.15) is 40.1 Å². The first-order chi connectivity index (χ1) is 12.3. The van der Waals surface area contributed by atoms with Crippen molar-refractivity contribution in [3.05, 3.63) is 65.5 Å². The molecule has 0 saturated heterocycles. The highest BCUT2D eigenvalue weighted by atomic mass is 16.3. The number of aromatic nitrogens is 1. The highest BCUT2D eigenvalue weighted by molar-refractivity contribution is 5.95. The number of rotatable bonds is 5. The molecule has 0 atom stereocenters. The van der Waals surface area contributed by atoms with Crippen molar-refractivity contribution in [1.82, 2.24) is 15.6 Å². The third-order valence-corrected chi connectivity index (χ3v) is 3.28. The fourth-order valence-electron chi connectivity index (χ4n) is 1.98. The average Bonchev–Trinajstić information content (AvgIpc) is 2.63. The molecule has 0 saturated carbocycles. The zero-order valence-electron chi connectivity index (χ0n) is 14.7. The lowest BCUT2D eigenvalue weighted by Crippen LogP contribution is -2.34. The van der Waals surface area contributed by atoms with Crippen LogP contribution < -0.4 is 10.6 Å². The van der Waals surface area contributed by atoms with Gasteiger partial charge in [-0.25, -0.2) is 0 Å². The number of nitrogens with one attached hydrogen (secondary N) is 2. The molecule has 0 spiro atoms. The molecule has 3 N–H and O–H groups in total. The maximum Gasteiger partial charge on any atom is 0.252 e. The maximum atomic E-state index is 12.1. The summed E-state index contributed by atoms with van der Waals surface area (Å²) in [4.78, 5) is 27.8. The summed E-state index contributed by atoms with van der Waals surface area (Å²) in [5.41, 5.74) is 0.627. The van der Waals surface area contributed by atoms with Gasteiger partial charge in [0, 0.05) is 36.6 Å². The lowest BCUT2D eigenvalue weighted by molar-refractivity contribution is 0.0927. The molecule has 0 aliphatic heterocycles. The Labute approximate surface area is 152 Å². The number of carbonyl (C=O) groups excluding carboxylic acids is 2. The summed E-state index contributed by atoms with van der Waals surface area (Å²) in [6, 6.07) is 10.1. The number of hydrogen-bond acceptors (Lipinski definition) is 4. The molecule has 6 heteroatoms. The maximum absolute atomic E-state index is 12.1. The zero-order valence-corrected chi connectivity index (χ0v) is 14.7.